The minimum atomic E-state index is -0.265. The van der Waals surface area contributed by atoms with Crippen LogP contribution in [0, 0.1) is 3.95 Å². The van der Waals surface area contributed by atoms with Crippen LogP contribution in [0.2, 0.25) is 0 Å². The number of carbonyl (C=O) groups is 1. The number of aromatic nitrogens is 3. The summed E-state index contributed by atoms with van der Waals surface area (Å²) in [5, 5.41) is 2.98. The Balaban J connectivity index is 1.91. The zero-order valence-corrected chi connectivity index (χ0v) is 17.5. The third-order valence-corrected chi connectivity index (χ3v) is 5.96. The molecule has 146 valence electrons. The maximum absolute atomic E-state index is 12.8. The predicted molar refractivity (Wildman–Crippen MR) is 117 cm³/mol. The number of nitrogens with one attached hydrogen (secondary N) is 1. The van der Waals surface area contributed by atoms with Crippen LogP contribution < -0.4 is 10.9 Å². The van der Waals surface area contributed by atoms with Crippen LogP contribution in [0.5, 0.6) is 0 Å². The highest BCUT2D eigenvalue weighted by Gasteiger charge is 2.15. The van der Waals surface area contributed by atoms with Gasteiger partial charge in [0.1, 0.15) is 17.6 Å². The van der Waals surface area contributed by atoms with E-state index in [0.29, 0.717) is 20.8 Å². The molecule has 0 saturated heterocycles. The molecule has 28 heavy (non-hydrogen) atoms. The third-order valence-electron chi connectivity index (χ3n) is 4.53. The van der Waals surface area contributed by atoms with Crippen LogP contribution in [0.3, 0.4) is 0 Å². The lowest BCUT2D eigenvalue weighted by molar-refractivity contribution is -0.116. The van der Waals surface area contributed by atoms with Gasteiger partial charge in [0.25, 0.3) is 5.56 Å². The van der Waals surface area contributed by atoms with Crippen LogP contribution in [-0.2, 0) is 30.7 Å². The summed E-state index contributed by atoms with van der Waals surface area (Å²) in [6.45, 7) is 8.19. The van der Waals surface area contributed by atoms with Crippen molar-refractivity contribution in [2.24, 2.45) is 0 Å². The van der Waals surface area contributed by atoms with Gasteiger partial charge in [-0.1, -0.05) is 49.5 Å². The molecule has 0 bridgehead atoms. The van der Waals surface area contributed by atoms with Crippen LogP contribution in [0.1, 0.15) is 25.0 Å². The molecular formula is C20H22N4O2S2. The largest absolute Gasteiger partial charge is 0.324 e. The van der Waals surface area contributed by atoms with Crippen molar-refractivity contribution >= 4 is 45.5 Å². The van der Waals surface area contributed by atoms with Crippen molar-refractivity contribution < 1.29 is 4.79 Å². The number of carbonyl (C=O) groups excluding carboxylic acids is 1. The second-order valence-corrected chi connectivity index (χ2v) is 7.95. The molecule has 0 aliphatic carbocycles. The molecule has 1 aromatic carbocycles. The first-order valence-electron chi connectivity index (χ1n) is 9.10. The normalized spacial score (nSPS) is 10.9. The Labute approximate surface area is 172 Å². The Morgan fingerprint density at radius 2 is 2.00 bits per heavy atom. The van der Waals surface area contributed by atoms with E-state index in [1.54, 1.807) is 10.6 Å². The monoisotopic (exact) mass is 414 g/mol. The fourth-order valence-corrected chi connectivity index (χ4v) is 4.43. The van der Waals surface area contributed by atoms with Crippen LogP contribution >= 0.6 is 23.6 Å². The van der Waals surface area contributed by atoms with Crippen LogP contribution in [0.25, 0.3) is 10.3 Å². The number of benzene rings is 1. The summed E-state index contributed by atoms with van der Waals surface area (Å²) in [7, 11) is 0. The number of thiazole rings is 1. The number of rotatable bonds is 7. The molecule has 0 unspecified atom stereocenters. The van der Waals surface area contributed by atoms with Crippen molar-refractivity contribution in [3.05, 3.63) is 62.6 Å². The van der Waals surface area contributed by atoms with E-state index in [1.807, 2.05) is 18.2 Å². The summed E-state index contributed by atoms with van der Waals surface area (Å²) in [6.07, 6.45) is 4.74. The Hall–Kier alpha value is -2.58. The van der Waals surface area contributed by atoms with Gasteiger partial charge in [-0.05, 0) is 36.2 Å². The molecule has 0 saturated carbocycles. The van der Waals surface area contributed by atoms with Gasteiger partial charge in [0.2, 0.25) is 5.91 Å². The molecule has 0 atom stereocenters. The van der Waals surface area contributed by atoms with E-state index in [1.165, 1.54) is 22.2 Å². The number of para-hydroxylation sites is 1. The Bertz CT molecular complexity index is 1130. The van der Waals surface area contributed by atoms with Gasteiger partial charge in [-0.3, -0.25) is 14.2 Å². The molecule has 3 aromatic rings. The SMILES string of the molecule is C=CCn1c(=S)sc2c(=O)n(CC(=O)Nc3c(CC)cccc3CC)cnc21. The molecular weight excluding hydrogens is 392 g/mol. The fourth-order valence-electron chi connectivity index (χ4n) is 3.11. The van der Waals surface area contributed by atoms with Gasteiger partial charge in [-0.2, -0.15) is 0 Å². The van der Waals surface area contributed by atoms with Gasteiger partial charge in [0.15, 0.2) is 9.60 Å². The van der Waals surface area contributed by atoms with Crippen molar-refractivity contribution in [1.29, 1.82) is 0 Å². The summed E-state index contributed by atoms with van der Waals surface area (Å²) in [4.78, 5) is 29.8. The van der Waals surface area contributed by atoms with Gasteiger partial charge in [-0.15, -0.1) is 6.58 Å². The molecule has 2 aromatic heterocycles. The Kier molecular flexibility index (Phi) is 6.21. The third kappa shape index (κ3) is 3.83. The maximum Gasteiger partial charge on any atom is 0.273 e. The lowest BCUT2D eigenvalue weighted by Crippen LogP contribution is -2.28. The molecule has 0 aliphatic rings. The topological polar surface area (TPSA) is 68.9 Å². The maximum atomic E-state index is 12.8. The van der Waals surface area contributed by atoms with E-state index in [4.69, 9.17) is 12.2 Å². The molecule has 1 N–H and O–H groups in total. The van der Waals surface area contributed by atoms with Crippen LogP contribution in [0.15, 0.2) is 42.0 Å². The van der Waals surface area contributed by atoms with Gasteiger partial charge < -0.3 is 9.88 Å². The molecule has 1 amide bonds. The van der Waals surface area contributed by atoms with Crippen molar-refractivity contribution in [3.63, 3.8) is 0 Å². The van der Waals surface area contributed by atoms with Crippen molar-refractivity contribution in [2.45, 2.75) is 39.8 Å². The van der Waals surface area contributed by atoms with E-state index in [-0.39, 0.29) is 18.0 Å². The quantitative estimate of drug-likeness (QED) is 0.470. The van der Waals surface area contributed by atoms with E-state index in [0.717, 1.165) is 29.7 Å². The average Bonchev–Trinajstić information content (AvgIpc) is 3.01. The highest BCUT2D eigenvalue weighted by Crippen LogP contribution is 2.22. The van der Waals surface area contributed by atoms with Crippen molar-refractivity contribution in [1.82, 2.24) is 14.1 Å². The van der Waals surface area contributed by atoms with Gasteiger partial charge >= 0.3 is 0 Å². The van der Waals surface area contributed by atoms with Crippen molar-refractivity contribution in [2.75, 3.05) is 5.32 Å². The van der Waals surface area contributed by atoms with Crippen LogP contribution in [0.4, 0.5) is 5.69 Å². The van der Waals surface area contributed by atoms with E-state index < -0.39 is 0 Å². The number of amides is 1. The second kappa shape index (κ2) is 8.62. The highest BCUT2D eigenvalue weighted by atomic mass is 32.1. The van der Waals surface area contributed by atoms with Crippen molar-refractivity contribution in [3.8, 4) is 0 Å². The lowest BCUT2D eigenvalue weighted by atomic mass is 10.0. The molecule has 3 rings (SSSR count). The molecule has 6 nitrogen and oxygen atoms in total. The first-order valence-corrected chi connectivity index (χ1v) is 10.3. The molecule has 2 heterocycles. The Morgan fingerprint density at radius 1 is 1.32 bits per heavy atom. The smallest absolute Gasteiger partial charge is 0.273 e. The number of aryl methyl sites for hydroxylation is 2. The number of allylic oxidation sites excluding steroid dienone is 1. The highest BCUT2D eigenvalue weighted by molar-refractivity contribution is 7.73. The second-order valence-electron chi connectivity index (χ2n) is 6.30. The Morgan fingerprint density at radius 3 is 2.61 bits per heavy atom. The van der Waals surface area contributed by atoms with E-state index in [9.17, 15) is 9.59 Å². The zero-order chi connectivity index (χ0) is 20.3. The first kappa shape index (κ1) is 20.2. The number of hydrogen-bond acceptors (Lipinski definition) is 5. The van der Waals surface area contributed by atoms with E-state index in [2.05, 4.69) is 30.7 Å². The first-order chi connectivity index (χ1) is 13.5. The molecule has 0 spiro atoms. The lowest BCUT2D eigenvalue weighted by Gasteiger charge is -2.14. The summed E-state index contributed by atoms with van der Waals surface area (Å²) >= 11 is 6.52. The fraction of sp³-hybridized carbons (Fsp3) is 0.300. The average molecular weight is 415 g/mol. The number of nitrogens with zero attached hydrogens (tertiary/aromatic N) is 3. The standard InChI is InChI=1S/C20H22N4O2S2/c1-4-10-24-18-17(28-20(24)27)19(26)23(12-21-18)11-15(25)22-16-13(5-2)8-7-9-14(16)6-3/h4,7-9,12H,1,5-6,10-11H2,2-3H3,(H,22,25). The molecule has 0 aliphatic heterocycles. The summed E-state index contributed by atoms with van der Waals surface area (Å²) in [6, 6.07) is 6.00. The molecule has 0 radical (unpaired) electrons. The molecule has 0 fully saturated rings. The zero-order valence-electron chi connectivity index (χ0n) is 15.9. The number of hydrogen-bond donors (Lipinski definition) is 1. The summed E-state index contributed by atoms with van der Waals surface area (Å²) < 4.78 is 4.09. The van der Waals surface area contributed by atoms with E-state index >= 15 is 0 Å². The molecule has 8 heteroatoms. The summed E-state index contributed by atoms with van der Waals surface area (Å²) in [5.41, 5.74) is 3.26. The van der Waals surface area contributed by atoms with Gasteiger partial charge in [0.05, 0.1) is 0 Å². The minimum Gasteiger partial charge on any atom is -0.324 e. The van der Waals surface area contributed by atoms with Gasteiger partial charge in [-0.25, -0.2) is 4.98 Å². The minimum absolute atomic E-state index is 0.102. The number of anilines is 1. The van der Waals surface area contributed by atoms with Gasteiger partial charge in [0, 0.05) is 12.2 Å². The van der Waals surface area contributed by atoms with Crippen LogP contribution in [-0.4, -0.2) is 20.0 Å². The predicted octanol–water partition coefficient (Wildman–Crippen LogP) is 3.94. The summed E-state index contributed by atoms with van der Waals surface area (Å²) in [5.74, 6) is -0.257. The number of fused-ring (bicyclic) bond motifs is 1.